The van der Waals surface area contributed by atoms with Gasteiger partial charge in [0.15, 0.2) is 0 Å². The Balaban J connectivity index is 1.80. The molecule has 2 rings (SSSR count). The van der Waals surface area contributed by atoms with Crippen LogP contribution in [0.3, 0.4) is 0 Å². The molecular weight excluding hydrogens is 288 g/mol. The van der Waals surface area contributed by atoms with Gasteiger partial charge in [-0.1, -0.05) is 39.0 Å². The fourth-order valence-electron chi connectivity index (χ4n) is 3.06. The van der Waals surface area contributed by atoms with E-state index in [1.165, 1.54) is 5.56 Å². The monoisotopic (exact) mass is 320 g/mol. The number of aliphatic hydroxyl groups excluding tert-OH is 1. The molecule has 1 aromatic carbocycles. The van der Waals surface area contributed by atoms with E-state index in [0.29, 0.717) is 19.1 Å². The van der Waals surface area contributed by atoms with Gasteiger partial charge in [0.25, 0.3) is 0 Å². The summed E-state index contributed by atoms with van der Waals surface area (Å²) in [4.78, 5) is 4.78. The molecule has 0 radical (unpaired) electrons. The predicted octanol–water partition coefficient (Wildman–Crippen LogP) is 2.58. The maximum atomic E-state index is 10.3. The van der Waals surface area contributed by atoms with Gasteiger partial charge in [0.05, 0.1) is 0 Å². The molecule has 1 aliphatic rings. The lowest BCUT2D eigenvalue weighted by atomic mass is 9.98. The van der Waals surface area contributed by atoms with E-state index in [2.05, 4.69) is 42.7 Å². The summed E-state index contributed by atoms with van der Waals surface area (Å²) in [6, 6.07) is 8.18. The Bertz CT molecular complexity index is 458. The van der Waals surface area contributed by atoms with Crippen LogP contribution in [-0.2, 0) is 0 Å². The molecule has 0 unspecified atom stereocenters. The molecule has 4 heteroatoms. The van der Waals surface area contributed by atoms with Crippen LogP contribution in [0, 0.1) is 0 Å². The van der Waals surface area contributed by atoms with E-state index >= 15 is 0 Å². The number of likely N-dealkylation sites (N-methyl/N-ethyl adjacent to an activating group) is 1. The lowest BCUT2D eigenvalue weighted by molar-refractivity contribution is 0.0468. The Morgan fingerprint density at radius 2 is 1.74 bits per heavy atom. The van der Waals surface area contributed by atoms with Gasteiger partial charge < -0.3 is 14.7 Å². The van der Waals surface area contributed by atoms with Crippen LogP contribution < -0.4 is 4.74 Å². The van der Waals surface area contributed by atoms with Crippen LogP contribution in [0.4, 0.5) is 0 Å². The highest BCUT2D eigenvalue weighted by Gasteiger charge is 2.19. The standard InChI is InChI=1S/C19H32N2O2/c1-4-16(3)18-8-6-7-9-19(18)23-15-17(22)14-21-12-10-20(5-2)11-13-21/h6-9,16-17,22H,4-5,10-15H2,1-3H3/t16-,17-/m0/s1. The Kier molecular flexibility index (Phi) is 7.34. The molecule has 2 atom stereocenters. The molecule has 1 aromatic rings. The molecule has 1 heterocycles. The number of para-hydroxylation sites is 1. The first-order valence-electron chi connectivity index (χ1n) is 8.98. The van der Waals surface area contributed by atoms with Crippen LogP contribution in [0.5, 0.6) is 5.75 Å². The van der Waals surface area contributed by atoms with Crippen molar-refractivity contribution in [3.8, 4) is 5.75 Å². The molecule has 1 saturated heterocycles. The topological polar surface area (TPSA) is 35.9 Å². The fraction of sp³-hybridized carbons (Fsp3) is 0.684. The molecule has 130 valence electrons. The number of rotatable bonds is 8. The highest BCUT2D eigenvalue weighted by Crippen LogP contribution is 2.28. The van der Waals surface area contributed by atoms with Gasteiger partial charge in [-0.15, -0.1) is 0 Å². The van der Waals surface area contributed by atoms with E-state index in [4.69, 9.17) is 4.74 Å². The summed E-state index contributed by atoms with van der Waals surface area (Å²) in [6.45, 7) is 13.0. The Labute approximate surface area is 141 Å². The summed E-state index contributed by atoms with van der Waals surface area (Å²) in [6.07, 6.45) is 0.651. The van der Waals surface area contributed by atoms with Crippen molar-refractivity contribution < 1.29 is 9.84 Å². The first-order valence-corrected chi connectivity index (χ1v) is 8.98. The minimum Gasteiger partial charge on any atom is -0.491 e. The number of hydrogen-bond acceptors (Lipinski definition) is 4. The zero-order valence-electron chi connectivity index (χ0n) is 14.9. The third kappa shape index (κ3) is 5.48. The van der Waals surface area contributed by atoms with Crippen molar-refractivity contribution in [2.75, 3.05) is 45.9 Å². The number of ether oxygens (including phenoxy) is 1. The molecule has 1 fully saturated rings. The van der Waals surface area contributed by atoms with Gasteiger partial charge in [-0.25, -0.2) is 0 Å². The van der Waals surface area contributed by atoms with Crippen molar-refractivity contribution in [2.45, 2.75) is 39.2 Å². The minimum absolute atomic E-state index is 0.363. The van der Waals surface area contributed by atoms with Crippen molar-refractivity contribution in [1.82, 2.24) is 9.80 Å². The van der Waals surface area contributed by atoms with Crippen molar-refractivity contribution in [3.05, 3.63) is 29.8 Å². The van der Waals surface area contributed by atoms with Crippen LogP contribution in [0.2, 0.25) is 0 Å². The van der Waals surface area contributed by atoms with E-state index < -0.39 is 6.10 Å². The van der Waals surface area contributed by atoms with Gasteiger partial charge in [0.1, 0.15) is 18.5 Å². The van der Waals surface area contributed by atoms with Crippen LogP contribution in [0.15, 0.2) is 24.3 Å². The van der Waals surface area contributed by atoms with E-state index in [9.17, 15) is 5.11 Å². The number of hydrogen-bond donors (Lipinski definition) is 1. The number of nitrogens with zero attached hydrogens (tertiary/aromatic N) is 2. The zero-order chi connectivity index (χ0) is 16.7. The van der Waals surface area contributed by atoms with Crippen LogP contribution in [0.1, 0.15) is 38.7 Å². The van der Waals surface area contributed by atoms with E-state index in [0.717, 1.165) is 44.9 Å². The third-order valence-electron chi connectivity index (χ3n) is 4.87. The smallest absolute Gasteiger partial charge is 0.122 e. The lowest BCUT2D eigenvalue weighted by Crippen LogP contribution is -2.49. The largest absolute Gasteiger partial charge is 0.491 e. The van der Waals surface area contributed by atoms with Crippen LogP contribution >= 0.6 is 0 Å². The summed E-state index contributed by atoms with van der Waals surface area (Å²) in [5, 5.41) is 10.3. The van der Waals surface area contributed by atoms with Gasteiger partial charge in [-0.3, -0.25) is 4.90 Å². The second kappa shape index (κ2) is 9.26. The van der Waals surface area contributed by atoms with Crippen LogP contribution in [0.25, 0.3) is 0 Å². The maximum absolute atomic E-state index is 10.3. The molecule has 23 heavy (non-hydrogen) atoms. The van der Waals surface area contributed by atoms with E-state index in [-0.39, 0.29) is 0 Å². The summed E-state index contributed by atoms with van der Waals surface area (Å²) in [5.74, 6) is 1.39. The molecule has 0 aliphatic carbocycles. The number of piperazine rings is 1. The third-order valence-corrected chi connectivity index (χ3v) is 4.87. The summed E-state index contributed by atoms with van der Waals surface area (Å²) in [7, 11) is 0. The molecule has 1 aliphatic heterocycles. The minimum atomic E-state index is -0.437. The molecular formula is C19H32N2O2. The second-order valence-electron chi connectivity index (χ2n) is 6.55. The number of aliphatic hydroxyl groups is 1. The Hall–Kier alpha value is -1.10. The molecule has 0 amide bonds. The van der Waals surface area contributed by atoms with Crippen molar-refractivity contribution in [3.63, 3.8) is 0 Å². The second-order valence-corrected chi connectivity index (χ2v) is 6.55. The SMILES string of the molecule is CC[C@H](C)c1ccccc1OC[C@@H](O)CN1CCN(CC)CC1. The van der Waals surface area contributed by atoms with E-state index in [1.807, 2.05) is 12.1 Å². The summed E-state index contributed by atoms with van der Waals surface area (Å²) < 4.78 is 5.92. The zero-order valence-corrected chi connectivity index (χ0v) is 14.9. The average molecular weight is 320 g/mol. The normalized spacial score (nSPS) is 19.5. The van der Waals surface area contributed by atoms with Gasteiger partial charge in [-0.2, -0.15) is 0 Å². The summed E-state index contributed by atoms with van der Waals surface area (Å²) in [5.41, 5.74) is 1.23. The fourth-order valence-corrected chi connectivity index (χ4v) is 3.06. The quantitative estimate of drug-likeness (QED) is 0.799. The highest BCUT2D eigenvalue weighted by atomic mass is 16.5. The molecule has 1 N–H and O–H groups in total. The summed E-state index contributed by atoms with van der Waals surface area (Å²) >= 11 is 0. The Morgan fingerprint density at radius 1 is 1.09 bits per heavy atom. The first-order chi connectivity index (χ1) is 11.1. The number of β-amino-alcohol motifs (C(OH)–C–C–N with tert-alkyl or cyclic N) is 1. The van der Waals surface area contributed by atoms with E-state index in [1.54, 1.807) is 0 Å². The van der Waals surface area contributed by atoms with Crippen molar-refractivity contribution in [1.29, 1.82) is 0 Å². The van der Waals surface area contributed by atoms with Gasteiger partial charge in [0, 0.05) is 32.7 Å². The van der Waals surface area contributed by atoms with Gasteiger partial charge in [-0.05, 0) is 30.5 Å². The average Bonchev–Trinajstić information content (AvgIpc) is 2.60. The van der Waals surface area contributed by atoms with Gasteiger partial charge in [0.2, 0.25) is 0 Å². The van der Waals surface area contributed by atoms with Crippen LogP contribution in [-0.4, -0.2) is 66.9 Å². The molecule has 0 bridgehead atoms. The molecule has 4 nitrogen and oxygen atoms in total. The number of benzene rings is 1. The van der Waals surface area contributed by atoms with Crippen molar-refractivity contribution in [2.24, 2.45) is 0 Å². The lowest BCUT2D eigenvalue weighted by Gasteiger charge is -2.34. The molecule has 0 spiro atoms. The highest BCUT2D eigenvalue weighted by molar-refractivity contribution is 5.35. The predicted molar refractivity (Wildman–Crippen MR) is 95.2 cm³/mol. The Morgan fingerprint density at radius 3 is 2.39 bits per heavy atom. The van der Waals surface area contributed by atoms with Crippen molar-refractivity contribution >= 4 is 0 Å². The molecule has 0 saturated carbocycles. The maximum Gasteiger partial charge on any atom is 0.122 e. The molecule has 0 aromatic heterocycles. The van der Waals surface area contributed by atoms with Gasteiger partial charge >= 0.3 is 0 Å². The first kappa shape index (κ1) is 18.2.